The minimum absolute atomic E-state index is 0.0215. The zero-order chi connectivity index (χ0) is 20.1. The largest absolute Gasteiger partial charge is 0.495 e. The Kier molecular flexibility index (Phi) is 6.17. The van der Waals surface area contributed by atoms with Gasteiger partial charge in [0.05, 0.1) is 12.8 Å². The molecule has 1 amide bonds. The molecule has 0 atom stereocenters. The van der Waals surface area contributed by atoms with Crippen molar-refractivity contribution in [1.29, 1.82) is 0 Å². The molecule has 0 radical (unpaired) electrons. The fraction of sp³-hybridized carbons (Fsp3) is 0.478. The van der Waals surface area contributed by atoms with Crippen LogP contribution in [0.2, 0.25) is 0 Å². The van der Waals surface area contributed by atoms with Crippen LogP contribution in [0.5, 0.6) is 5.75 Å². The molecule has 2 heterocycles. The fourth-order valence-electron chi connectivity index (χ4n) is 4.32. The summed E-state index contributed by atoms with van der Waals surface area (Å²) in [5.74, 6) is 1.80. The second kappa shape index (κ2) is 9.16. The highest BCUT2D eigenvalue weighted by molar-refractivity contribution is 5.95. The molecule has 2 aromatic rings. The summed E-state index contributed by atoms with van der Waals surface area (Å²) in [6.45, 7) is 3.50. The number of methoxy groups -OCH3 is 1. The summed E-state index contributed by atoms with van der Waals surface area (Å²) in [6.07, 6.45) is 7.64. The Morgan fingerprint density at radius 3 is 2.52 bits per heavy atom. The zero-order valence-electron chi connectivity index (χ0n) is 17.1. The van der Waals surface area contributed by atoms with Gasteiger partial charge in [0, 0.05) is 44.0 Å². The molecule has 1 aliphatic heterocycles. The van der Waals surface area contributed by atoms with E-state index in [1.807, 2.05) is 30.3 Å². The van der Waals surface area contributed by atoms with E-state index in [0.717, 1.165) is 56.3 Å². The van der Waals surface area contributed by atoms with Gasteiger partial charge in [-0.1, -0.05) is 31.4 Å². The summed E-state index contributed by atoms with van der Waals surface area (Å²) in [5.41, 5.74) is 1.83. The Hall–Kier alpha value is -2.76. The number of carbonyl (C=O) groups is 1. The fourth-order valence-corrected chi connectivity index (χ4v) is 4.32. The van der Waals surface area contributed by atoms with Gasteiger partial charge in [0.15, 0.2) is 0 Å². The number of para-hydroxylation sites is 2. The molecule has 0 bridgehead atoms. The Balaban J connectivity index is 1.38. The summed E-state index contributed by atoms with van der Waals surface area (Å²) in [7, 11) is 1.71. The van der Waals surface area contributed by atoms with Gasteiger partial charge in [-0.3, -0.25) is 4.79 Å². The molecule has 2 fully saturated rings. The number of aromatic nitrogens is 1. The van der Waals surface area contributed by atoms with Crippen LogP contribution in [0.1, 0.15) is 42.5 Å². The third-order valence-corrected chi connectivity index (χ3v) is 5.98. The van der Waals surface area contributed by atoms with E-state index in [1.165, 1.54) is 19.3 Å². The number of amides is 1. The van der Waals surface area contributed by atoms with Crippen molar-refractivity contribution in [2.75, 3.05) is 43.1 Å². The standard InChI is InChI=1S/C23H30N4O2/c1-29-21-10-6-5-9-20(21)26-13-15-27(16-14-26)22-17-18(11-12-24-22)23(28)25-19-7-3-2-4-8-19/h5-6,9-12,17,19H,2-4,7-8,13-16H2,1H3,(H,25,28). The molecular weight excluding hydrogens is 364 g/mol. The number of rotatable bonds is 5. The first kappa shape index (κ1) is 19.6. The number of hydrogen-bond acceptors (Lipinski definition) is 5. The van der Waals surface area contributed by atoms with Gasteiger partial charge in [0.1, 0.15) is 11.6 Å². The molecule has 154 valence electrons. The van der Waals surface area contributed by atoms with Crippen molar-refractivity contribution in [3.05, 3.63) is 48.2 Å². The number of benzene rings is 1. The maximum Gasteiger partial charge on any atom is 0.251 e. The van der Waals surface area contributed by atoms with Gasteiger partial charge in [-0.25, -0.2) is 4.98 Å². The molecule has 1 aromatic carbocycles. The number of ether oxygens (including phenoxy) is 1. The van der Waals surface area contributed by atoms with Crippen LogP contribution in [-0.4, -0.2) is 50.2 Å². The molecule has 2 aliphatic rings. The normalized spacial score (nSPS) is 17.8. The molecule has 0 unspecified atom stereocenters. The summed E-state index contributed by atoms with van der Waals surface area (Å²) in [5, 5.41) is 3.20. The van der Waals surface area contributed by atoms with Crippen molar-refractivity contribution in [2.45, 2.75) is 38.1 Å². The van der Waals surface area contributed by atoms with Gasteiger partial charge in [-0.2, -0.15) is 0 Å². The molecular formula is C23H30N4O2. The van der Waals surface area contributed by atoms with Crippen molar-refractivity contribution >= 4 is 17.4 Å². The van der Waals surface area contributed by atoms with E-state index in [2.05, 4.69) is 26.2 Å². The first-order chi connectivity index (χ1) is 14.2. The summed E-state index contributed by atoms with van der Waals surface area (Å²) >= 11 is 0. The smallest absolute Gasteiger partial charge is 0.251 e. The average molecular weight is 395 g/mol. The van der Waals surface area contributed by atoms with Crippen molar-refractivity contribution < 1.29 is 9.53 Å². The number of anilines is 2. The van der Waals surface area contributed by atoms with Crippen LogP contribution in [0.25, 0.3) is 0 Å². The van der Waals surface area contributed by atoms with Crippen LogP contribution in [0.3, 0.4) is 0 Å². The SMILES string of the molecule is COc1ccccc1N1CCN(c2cc(C(=O)NC3CCCCC3)ccn2)CC1. The number of hydrogen-bond donors (Lipinski definition) is 1. The Morgan fingerprint density at radius 2 is 1.76 bits per heavy atom. The monoisotopic (exact) mass is 394 g/mol. The Labute approximate surface area is 172 Å². The molecule has 6 nitrogen and oxygen atoms in total. The van der Waals surface area contributed by atoms with E-state index >= 15 is 0 Å². The lowest BCUT2D eigenvalue weighted by Gasteiger charge is -2.37. The van der Waals surface area contributed by atoms with Crippen LogP contribution in [-0.2, 0) is 0 Å². The Bertz CT molecular complexity index is 827. The number of nitrogens with zero attached hydrogens (tertiary/aromatic N) is 3. The number of pyridine rings is 1. The van der Waals surface area contributed by atoms with E-state index in [1.54, 1.807) is 13.3 Å². The van der Waals surface area contributed by atoms with Crippen molar-refractivity contribution in [3.63, 3.8) is 0 Å². The molecule has 1 N–H and O–H groups in total. The lowest BCUT2D eigenvalue weighted by Crippen LogP contribution is -2.47. The van der Waals surface area contributed by atoms with Gasteiger partial charge in [-0.15, -0.1) is 0 Å². The summed E-state index contributed by atoms with van der Waals surface area (Å²) in [6, 6.07) is 12.2. The van der Waals surface area contributed by atoms with Crippen molar-refractivity contribution in [3.8, 4) is 5.75 Å². The minimum atomic E-state index is 0.0215. The molecule has 1 aliphatic carbocycles. The summed E-state index contributed by atoms with van der Waals surface area (Å²) in [4.78, 5) is 21.8. The maximum absolute atomic E-state index is 12.7. The molecule has 6 heteroatoms. The molecule has 1 saturated heterocycles. The molecule has 1 aromatic heterocycles. The van der Waals surface area contributed by atoms with Crippen LogP contribution in [0, 0.1) is 0 Å². The lowest BCUT2D eigenvalue weighted by atomic mass is 9.95. The third kappa shape index (κ3) is 4.63. The zero-order valence-corrected chi connectivity index (χ0v) is 17.1. The van der Waals surface area contributed by atoms with Crippen LogP contribution >= 0.6 is 0 Å². The highest BCUT2D eigenvalue weighted by atomic mass is 16.5. The van der Waals surface area contributed by atoms with E-state index in [9.17, 15) is 4.79 Å². The van der Waals surface area contributed by atoms with E-state index in [-0.39, 0.29) is 5.91 Å². The number of carbonyl (C=O) groups excluding carboxylic acids is 1. The van der Waals surface area contributed by atoms with Crippen molar-refractivity contribution in [2.24, 2.45) is 0 Å². The molecule has 0 spiro atoms. The van der Waals surface area contributed by atoms with Gasteiger partial charge in [0.2, 0.25) is 0 Å². The molecule has 1 saturated carbocycles. The minimum Gasteiger partial charge on any atom is -0.495 e. The highest BCUT2D eigenvalue weighted by Crippen LogP contribution is 2.29. The molecule has 4 rings (SSSR count). The predicted octanol–water partition coefficient (Wildman–Crippen LogP) is 3.48. The third-order valence-electron chi connectivity index (χ3n) is 5.98. The first-order valence-electron chi connectivity index (χ1n) is 10.6. The highest BCUT2D eigenvalue weighted by Gasteiger charge is 2.22. The average Bonchev–Trinajstić information content (AvgIpc) is 2.80. The van der Waals surface area contributed by atoms with E-state index in [0.29, 0.717) is 11.6 Å². The Morgan fingerprint density at radius 1 is 1.03 bits per heavy atom. The lowest BCUT2D eigenvalue weighted by molar-refractivity contribution is 0.0927. The van der Waals surface area contributed by atoms with Gasteiger partial charge in [0.25, 0.3) is 5.91 Å². The van der Waals surface area contributed by atoms with Gasteiger partial charge in [-0.05, 0) is 37.1 Å². The number of nitrogens with one attached hydrogen (secondary N) is 1. The van der Waals surface area contributed by atoms with Crippen LogP contribution < -0.4 is 19.9 Å². The van der Waals surface area contributed by atoms with Gasteiger partial charge < -0.3 is 19.9 Å². The molecule has 29 heavy (non-hydrogen) atoms. The first-order valence-corrected chi connectivity index (χ1v) is 10.6. The van der Waals surface area contributed by atoms with Crippen LogP contribution in [0.15, 0.2) is 42.6 Å². The topological polar surface area (TPSA) is 57.7 Å². The predicted molar refractivity (Wildman–Crippen MR) is 116 cm³/mol. The maximum atomic E-state index is 12.7. The second-order valence-electron chi connectivity index (χ2n) is 7.86. The van der Waals surface area contributed by atoms with Gasteiger partial charge >= 0.3 is 0 Å². The second-order valence-corrected chi connectivity index (χ2v) is 7.86. The van der Waals surface area contributed by atoms with Crippen molar-refractivity contribution in [1.82, 2.24) is 10.3 Å². The summed E-state index contributed by atoms with van der Waals surface area (Å²) < 4.78 is 5.50. The quantitative estimate of drug-likeness (QED) is 0.841. The number of piperazine rings is 1. The van der Waals surface area contributed by atoms with E-state index < -0.39 is 0 Å². The van der Waals surface area contributed by atoms with E-state index in [4.69, 9.17) is 4.74 Å². The van der Waals surface area contributed by atoms with Crippen LogP contribution in [0.4, 0.5) is 11.5 Å².